The molecule has 0 spiro atoms. The third-order valence-corrected chi connectivity index (χ3v) is 5.99. The largest absolute Gasteiger partial charge is 0.466 e. The molecule has 3 rings (SSSR count). The number of nitrogens with zero attached hydrogens (tertiary/aromatic N) is 3. The van der Waals surface area contributed by atoms with E-state index in [1.165, 1.54) is 11.1 Å². The molecule has 1 aromatic rings. The number of ether oxygens (including phenoxy) is 2. The van der Waals surface area contributed by atoms with Crippen LogP contribution in [0.15, 0.2) is 29.3 Å². The topological polar surface area (TPSA) is 66.4 Å². The van der Waals surface area contributed by atoms with E-state index in [1.807, 2.05) is 14.0 Å². The highest BCUT2D eigenvalue weighted by atomic mass is 16.5. The second-order valence-electron chi connectivity index (χ2n) is 8.02. The monoisotopic (exact) mass is 416 g/mol. The van der Waals surface area contributed by atoms with E-state index in [-0.39, 0.29) is 17.9 Å². The molecule has 7 heteroatoms. The van der Waals surface area contributed by atoms with Gasteiger partial charge in [-0.15, -0.1) is 0 Å². The Labute approximate surface area is 180 Å². The molecule has 0 aliphatic carbocycles. The van der Waals surface area contributed by atoms with Crippen molar-refractivity contribution in [1.29, 1.82) is 0 Å². The lowest BCUT2D eigenvalue weighted by molar-refractivity contribution is -0.149. The molecule has 7 nitrogen and oxygen atoms in total. The highest BCUT2D eigenvalue weighted by molar-refractivity contribution is 5.80. The van der Waals surface area contributed by atoms with E-state index >= 15 is 0 Å². The van der Waals surface area contributed by atoms with Gasteiger partial charge in [-0.2, -0.15) is 0 Å². The van der Waals surface area contributed by atoms with Crippen LogP contribution in [-0.2, 0) is 14.3 Å². The molecule has 2 aliphatic heterocycles. The van der Waals surface area contributed by atoms with Crippen LogP contribution >= 0.6 is 0 Å². The summed E-state index contributed by atoms with van der Waals surface area (Å²) in [5.41, 5.74) is 2.59. The van der Waals surface area contributed by atoms with E-state index in [9.17, 15) is 4.79 Å². The number of hydrogen-bond acceptors (Lipinski definition) is 5. The zero-order valence-corrected chi connectivity index (χ0v) is 18.6. The minimum Gasteiger partial charge on any atom is -0.466 e. The van der Waals surface area contributed by atoms with Gasteiger partial charge < -0.3 is 19.7 Å². The van der Waals surface area contributed by atoms with E-state index in [0.29, 0.717) is 6.61 Å². The maximum Gasteiger partial charge on any atom is 0.309 e. The summed E-state index contributed by atoms with van der Waals surface area (Å²) in [4.78, 5) is 21.3. The van der Waals surface area contributed by atoms with Crippen LogP contribution in [0, 0.1) is 12.8 Å². The van der Waals surface area contributed by atoms with E-state index < -0.39 is 0 Å². The van der Waals surface area contributed by atoms with Gasteiger partial charge in [-0.3, -0.25) is 14.7 Å². The van der Waals surface area contributed by atoms with Crippen LogP contribution in [0.2, 0.25) is 0 Å². The van der Waals surface area contributed by atoms with Crippen molar-refractivity contribution < 1.29 is 14.3 Å². The second-order valence-corrected chi connectivity index (χ2v) is 8.02. The molecule has 0 saturated carbocycles. The molecule has 2 saturated heterocycles. The summed E-state index contributed by atoms with van der Waals surface area (Å²) in [6.45, 7) is 10.3. The molecule has 0 aromatic heterocycles. The minimum atomic E-state index is -0.0630. The van der Waals surface area contributed by atoms with Crippen LogP contribution < -0.4 is 5.32 Å². The maximum atomic E-state index is 12.0. The third kappa shape index (κ3) is 5.95. The fourth-order valence-corrected chi connectivity index (χ4v) is 4.33. The minimum absolute atomic E-state index is 0.00713. The molecule has 1 atom stereocenters. The van der Waals surface area contributed by atoms with Gasteiger partial charge in [0, 0.05) is 39.8 Å². The van der Waals surface area contributed by atoms with Gasteiger partial charge in [-0.1, -0.05) is 29.8 Å². The van der Waals surface area contributed by atoms with Crippen molar-refractivity contribution >= 4 is 11.9 Å². The van der Waals surface area contributed by atoms with Crippen LogP contribution in [0.5, 0.6) is 0 Å². The van der Waals surface area contributed by atoms with Gasteiger partial charge in [0.05, 0.1) is 31.8 Å². The van der Waals surface area contributed by atoms with E-state index in [2.05, 4.69) is 51.3 Å². The summed E-state index contributed by atoms with van der Waals surface area (Å²) in [5, 5.41) is 3.60. The number of piperidine rings is 1. The first kappa shape index (κ1) is 22.6. The van der Waals surface area contributed by atoms with Gasteiger partial charge in [0.1, 0.15) is 0 Å². The molecular weight excluding hydrogens is 380 g/mol. The SMILES string of the molecule is CCOC(=O)C1CCN(C(=NC)NCC(c2cccc(C)c2)N2CCOCC2)CC1. The molecule has 1 N–H and O–H groups in total. The number of rotatable bonds is 6. The van der Waals surface area contributed by atoms with Crippen LogP contribution in [0.1, 0.15) is 36.9 Å². The first-order chi connectivity index (χ1) is 14.6. The molecule has 166 valence electrons. The predicted molar refractivity (Wildman–Crippen MR) is 119 cm³/mol. The number of aliphatic imine (C=N–C) groups is 1. The predicted octanol–water partition coefficient (Wildman–Crippen LogP) is 2.22. The lowest BCUT2D eigenvalue weighted by Gasteiger charge is -2.37. The van der Waals surface area contributed by atoms with Gasteiger partial charge >= 0.3 is 5.97 Å². The Morgan fingerprint density at radius 1 is 1.27 bits per heavy atom. The highest BCUT2D eigenvalue weighted by Gasteiger charge is 2.28. The summed E-state index contributed by atoms with van der Waals surface area (Å²) >= 11 is 0. The van der Waals surface area contributed by atoms with Crippen LogP contribution in [0.4, 0.5) is 0 Å². The van der Waals surface area contributed by atoms with Crippen molar-refractivity contribution in [2.75, 3.05) is 59.6 Å². The summed E-state index contributed by atoms with van der Waals surface area (Å²) < 4.78 is 10.8. The number of benzene rings is 1. The van der Waals surface area contributed by atoms with Crippen molar-refractivity contribution in [1.82, 2.24) is 15.1 Å². The Kier molecular flexibility index (Phi) is 8.51. The summed E-state index contributed by atoms with van der Waals surface area (Å²) in [7, 11) is 1.83. The van der Waals surface area contributed by atoms with Crippen molar-refractivity contribution in [2.24, 2.45) is 10.9 Å². The quantitative estimate of drug-likeness (QED) is 0.436. The van der Waals surface area contributed by atoms with Crippen molar-refractivity contribution in [2.45, 2.75) is 32.7 Å². The fraction of sp³-hybridized carbons (Fsp3) is 0.652. The van der Waals surface area contributed by atoms with Crippen molar-refractivity contribution in [3.8, 4) is 0 Å². The number of nitrogens with one attached hydrogen (secondary N) is 1. The van der Waals surface area contributed by atoms with E-state index in [0.717, 1.165) is 64.7 Å². The molecule has 2 fully saturated rings. The molecule has 0 radical (unpaired) electrons. The van der Waals surface area contributed by atoms with Crippen LogP contribution in [-0.4, -0.2) is 81.3 Å². The van der Waals surface area contributed by atoms with Crippen molar-refractivity contribution in [3.05, 3.63) is 35.4 Å². The Morgan fingerprint density at radius 3 is 2.63 bits per heavy atom. The number of carbonyl (C=O) groups excluding carboxylic acids is 1. The Bertz CT molecular complexity index is 710. The Balaban J connectivity index is 1.61. The van der Waals surface area contributed by atoms with E-state index in [1.54, 1.807) is 0 Å². The number of aryl methyl sites for hydroxylation is 1. The number of likely N-dealkylation sites (tertiary alicyclic amines) is 1. The summed E-state index contributed by atoms with van der Waals surface area (Å²) in [6.07, 6.45) is 1.62. The van der Waals surface area contributed by atoms with Crippen LogP contribution in [0.3, 0.4) is 0 Å². The lowest BCUT2D eigenvalue weighted by Crippen LogP contribution is -2.50. The Morgan fingerprint density at radius 2 is 2.00 bits per heavy atom. The molecule has 1 unspecified atom stereocenters. The first-order valence-electron chi connectivity index (χ1n) is 11.1. The van der Waals surface area contributed by atoms with Gasteiger partial charge in [-0.25, -0.2) is 0 Å². The maximum absolute atomic E-state index is 12.0. The summed E-state index contributed by atoms with van der Waals surface area (Å²) in [5.74, 6) is 0.850. The van der Waals surface area contributed by atoms with Crippen LogP contribution in [0.25, 0.3) is 0 Å². The molecule has 1 aromatic carbocycles. The third-order valence-electron chi connectivity index (χ3n) is 5.99. The number of morpholine rings is 1. The van der Waals surface area contributed by atoms with E-state index in [4.69, 9.17) is 9.47 Å². The first-order valence-corrected chi connectivity index (χ1v) is 11.1. The van der Waals surface area contributed by atoms with Gasteiger partial charge in [0.15, 0.2) is 5.96 Å². The standard InChI is InChI=1S/C23H36N4O3/c1-4-30-22(28)19-8-10-27(11-9-19)23(24-3)25-17-21(26-12-14-29-15-13-26)20-7-5-6-18(2)16-20/h5-7,16,19,21H,4,8-15,17H2,1-3H3,(H,24,25). The molecule has 2 aliphatic rings. The number of guanidine groups is 1. The molecule has 0 bridgehead atoms. The summed E-state index contributed by atoms with van der Waals surface area (Å²) in [6, 6.07) is 9.02. The normalized spacial score (nSPS) is 20.1. The average Bonchev–Trinajstić information content (AvgIpc) is 2.78. The molecule has 30 heavy (non-hydrogen) atoms. The van der Waals surface area contributed by atoms with Crippen molar-refractivity contribution in [3.63, 3.8) is 0 Å². The number of hydrogen-bond donors (Lipinski definition) is 1. The van der Waals surface area contributed by atoms with Gasteiger partial charge in [0.25, 0.3) is 0 Å². The molecular formula is C23H36N4O3. The Hall–Kier alpha value is -2.12. The fourth-order valence-electron chi connectivity index (χ4n) is 4.33. The zero-order valence-electron chi connectivity index (χ0n) is 18.6. The van der Waals surface area contributed by atoms with Gasteiger partial charge in [0.2, 0.25) is 0 Å². The number of carbonyl (C=O) groups is 1. The molecule has 2 heterocycles. The second kappa shape index (κ2) is 11.3. The highest BCUT2D eigenvalue weighted by Crippen LogP contribution is 2.23. The van der Waals surface area contributed by atoms with Gasteiger partial charge in [-0.05, 0) is 32.3 Å². The zero-order chi connectivity index (χ0) is 21.3. The smallest absolute Gasteiger partial charge is 0.309 e. The number of esters is 1. The average molecular weight is 417 g/mol. The molecule has 0 amide bonds. The lowest BCUT2D eigenvalue weighted by atomic mass is 9.97.